The third-order valence-corrected chi connectivity index (χ3v) is 2.69. The second-order valence-electron chi connectivity index (χ2n) is 3.97. The molecule has 92 valence electrons. The van der Waals surface area contributed by atoms with Crippen LogP contribution >= 0.6 is 0 Å². The van der Waals surface area contributed by atoms with E-state index in [9.17, 15) is 4.79 Å². The number of alkyl carbamates (subject to hydrolysis) is 1. The molecule has 0 aromatic heterocycles. The van der Waals surface area contributed by atoms with Gasteiger partial charge in [0, 0.05) is 6.54 Å². The Morgan fingerprint density at radius 3 is 3.24 bits per heavy atom. The molecule has 1 N–H and O–H groups in total. The van der Waals surface area contributed by atoms with Crippen molar-refractivity contribution in [2.24, 2.45) is 0 Å². The lowest BCUT2D eigenvalue weighted by Crippen LogP contribution is -2.23. The molecule has 0 saturated heterocycles. The SMILES string of the molecule is CCOC(=O)NCc1ccc2c(c1)CCCO2. The first-order chi connectivity index (χ1) is 8.29. The van der Waals surface area contributed by atoms with Crippen LogP contribution in [-0.2, 0) is 17.7 Å². The highest BCUT2D eigenvalue weighted by Gasteiger charge is 2.10. The van der Waals surface area contributed by atoms with Crippen molar-refractivity contribution in [3.63, 3.8) is 0 Å². The second-order valence-corrected chi connectivity index (χ2v) is 3.97. The van der Waals surface area contributed by atoms with E-state index < -0.39 is 0 Å². The monoisotopic (exact) mass is 235 g/mol. The molecule has 1 aromatic rings. The maximum atomic E-state index is 11.1. The molecule has 0 radical (unpaired) electrons. The zero-order valence-electron chi connectivity index (χ0n) is 9.99. The van der Waals surface area contributed by atoms with Crippen LogP contribution in [0.2, 0.25) is 0 Å². The molecule has 0 spiro atoms. The number of benzene rings is 1. The zero-order chi connectivity index (χ0) is 12.1. The summed E-state index contributed by atoms with van der Waals surface area (Å²) in [7, 11) is 0. The summed E-state index contributed by atoms with van der Waals surface area (Å²) in [4.78, 5) is 11.1. The standard InChI is InChI=1S/C13H17NO3/c1-2-16-13(15)14-9-10-5-6-12-11(8-10)4-3-7-17-12/h5-6,8H,2-4,7,9H2,1H3,(H,14,15). The first kappa shape index (κ1) is 11.8. The number of carbonyl (C=O) groups excluding carboxylic acids is 1. The van der Waals surface area contributed by atoms with E-state index in [2.05, 4.69) is 11.4 Å². The quantitative estimate of drug-likeness (QED) is 0.874. The van der Waals surface area contributed by atoms with Crippen LogP contribution < -0.4 is 10.1 Å². The van der Waals surface area contributed by atoms with Crippen LogP contribution in [0.5, 0.6) is 5.75 Å². The number of hydrogen-bond acceptors (Lipinski definition) is 3. The molecular weight excluding hydrogens is 218 g/mol. The number of ether oxygens (including phenoxy) is 2. The van der Waals surface area contributed by atoms with Gasteiger partial charge in [0.05, 0.1) is 13.2 Å². The summed E-state index contributed by atoms with van der Waals surface area (Å²) in [5, 5.41) is 2.70. The number of rotatable bonds is 3. The summed E-state index contributed by atoms with van der Waals surface area (Å²) in [6.45, 7) is 3.47. The largest absolute Gasteiger partial charge is 0.493 e. The lowest BCUT2D eigenvalue weighted by molar-refractivity contribution is 0.151. The summed E-state index contributed by atoms with van der Waals surface area (Å²) in [6.07, 6.45) is 1.73. The van der Waals surface area contributed by atoms with Crippen LogP contribution in [0.25, 0.3) is 0 Å². The minimum Gasteiger partial charge on any atom is -0.493 e. The summed E-state index contributed by atoms with van der Waals surface area (Å²) < 4.78 is 10.3. The van der Waals surface area contributed by atoms with Crippen molar-refractivity contribution in [1.82, 2.24) is 5.32 Å². The lowest BCUT2D eigenvalue weighted by atomic mass is 10.0. The van der Waals surface area contributed by atoms with Gasteiger partial charge in [-0.05, 0) is 37.0 Å². The average Bonchev–Trinajstić information content (AvgIpc) is 2.36. The topological polar surface area (TPSA) is 47.6 Å². The first-order valence-electron chi connectivity index (χ1n) is 5.95. The van der Waals surface area contributed by atoms with E-state index in [0.29, 0.717) is 13.2 Å². The zero-order valence-corrected chi connectivity index (χ0v) is 9.99. The molecule has 0 aliphatic carbocycles. The van der Waals surface area contributed by atoms with E-state index in [-0.39, 0.29) is 6.09 Å². The Morgan fingerprint density at radius 1 is 1.53 bits per heavy atom. The highest BCUT2D eigenvalue weighted by molar-refractivity contribution is 5.67. The summed E-state index contributed by atoms with van der Waals surface area (Å²) in [5.74, 6) is 0.969. The number of aryl methyl sites for hydroxylation is 1. The predicted octanol–water partition coefficient (Wildman–Crippen LogP) is 2.26. The van der Waals surface area contributed by atoms with E-state index in [1.54, 1.807) is 6.92 Å². The molecule has 1 aliphatic rings. The molecule has 0 saturated carbocycles. The molecule has 4 nitrogen and oxygen atoms in total. The fraction of sp³-hybridized carbons (Fsp3) is 0.462. The Labute approximate surface area is 101 Å². The van der Waals surface area contributed by atoms with E-state index in [1.165, 1.54) is 5.56 Å². The van der Waals surface area contributed by atoms with E-state index in [0.717, 1.165) is 30.8 Å². The Bertz CT molecular complexity index is 404. The van der Waals surface area contributed by atoms with Gasteiger partial charge in [-0.2, -0.15) is 0 Å². The van der Waals surface area contributed by atoms with Gasteiger partial charge in [0.15, 0.2) is 0 Å². The minimum atomic E-state index is -0.374. The van der Waals surface area contributed by atoms with Gasteiger partial charge in [-0.15, -0.1) is 0 Å². The smallest absolute Gasteiger partial charge is 0.407 e. The van der Waals surface area contributed by atoms with Crippen molar-refractivity contribution in [3.05, 3.63) is 29.3 Å². The predicted molar refractivity (Wildman–Crippen MR) is 64.1 cm³/mol. The maximum absolute atomic E-state index is 11.1. The van der Waals surface area contributed by atoms with Crippen molar-refractivity contribution in [1.29, 1.82) is 0 Å². The van der Waals surface area contributed by atoms with Crippen molar-refractivity contribution in [2.45, 2.75) is 26.3 Å². The van der Waals surface area contributed by atoms with Crippen LogP contribution in [0.1, 0.15) is 24.5 Å². The molecule has 4 heteroatoms. The number of amides is 1. The third-order valence-electron chi connectivity index (χ3n) is 2.69. The van der Waals surface area contributed by atoms with Gasteiger partial charge in [-0.25, -0.2) is 4.79 Å². The van der Waals surface area contributed by atoms with E-state index >= 15 is 0 Å². The summed E-state index contributed by atoms with van der Waals surface area (Å²) in [5.41, 5.74) is 2.29. The van der Waals surface area contributed by atoms with E-state index in [4.69, 9.17) is 9.47 Å². The average molecular weight is 235 g/mol. The van der Waals surface area contributed by atoms with Crippen LogP contribution in [0.15, 0.2) is 18.2 Å². The van der Waals surface area contributed by atoms with Crippen LogP contribution in [0, 0.1) is 0 Å². The Balaban J connectivity index is 1.95. The molecular formula is C13H17NO3. The number of fused-ring (bicyclic) bond motifs is 1. The lowest BCUT2D eigenvalue weighted by Gasteiger charge is -2.17. The molecule has 0 fully saturated rings. The van der Waals surface area contributed by atoms with Gasteiger partial charge in [-0.1, -0.05) is 12.1 Å². The van der Waals surface area contributed by atoms with Gasteiger partial charge >= 0.3 is 6.09 Å². The summed E-state index contributed by atoms with van der Waals surface area (Å²) >= 11 is 0. The highest BCUT2D eigenvalue weighted by Crippen LogP contribution is 2.25. The van der Waals surface area contributed by atoms with Crippen LogP contribution in [0.4, 0.5) is 4.79 Å². The third kappa shape index (κ3) is 3.12. The van der Waals surface area contributed by atoms with Gasteiger partial charge in [0.2, 0.25) is 0 Å². The van der Waals surface area contributed by atoms with Crippen molar-refractivity contribution < 1.29 is 14.3 Å². The molecule has 0 bridgehead atoms. The van der Waals surface area contributed by atoms with Gasteiger partial charge in [-0.3, -0.25) is 0 Å². The number of hydrogen-bond donors (Lipinski definition) is 1. The second kappa shape index (κ2) is 5.57. The fourth-order valence-electron chi connectivity index (χ4n) is 1.88. The number of carbonyl (C=O) groups is 1. The van der Waals surface area contributed by atoms with Gasteiger partial charge < -0.3 is 14.8 Å². The van der Waals surface area contributed by atoms with Crippen molar-refractivity contribution in [3.8, 4) is 5.75 Å². The molecule has 2 rings (SSSR count). The molecule has 1 aliphatic heterocycles. The normalized spacial score (nSPS) is 13.5. The fourth-order valence-corrected chi connectivity index (χ4v) is 1.88. The molecule has 0 atom stereocenters. The Hall–Kier alpha value is -1.71. The number of nitrogens with one attached hydrogen (secondary N) is 1. The molecule has 17 heavy (non-hydrogen) atoms. The highest BCUT2D eigenvalue weighted by atomic mass is 16.5. The van der Waals surface area contributed by atoms with Gasteiger partial charge in [0.25, 0.3) is 0 Å². The van der Waals surface area contributed by atoms with Crippen LogP contribution in [0.3, 0.4) is 0 Å². The maximum Gasteiger partial charge on any atom is 0.407 e. The Morgan fingerprint density at radius 2 is 2.41 bits per heavy atom. The summed E-state index contributed by atoms with van der Waals surface area (Å²) in [6, 6.07) is 6.02. The first-order valence-corrected chi connectivity index (χ1v) is 5.95. The molecule has 1 heterocycles. The molecule has 0 unspecified atom stereocenters. The van der Waals surface area contributed by atoms with Crippen LogP contribution in [-0.4, -0.2) is 19.3 Å². The molecule has 1 amide bonds. The van der Waals surface area contributed by atoms with Gasteiger partial charge in [0.1, 0.15) is 5.75 Å². The van der Waals surface area contributed by atoms with E-state index in [1.807, 2.05) is 12.1 Å². The van der Waals surface area contributed by atoms with Crippen molar-refractivity contribution in [2.75, 3.05) is 13.2 Å². The molecule has 1 aromatic carbocycles. The minimum absolute atomic E-state index is 0.374. The van der Waals surface area contributed by atoms with Crippen molar-refractivity contribution >= 4 is 6.09 Å². The Kier molecular flexibility index (Phi) is 3.85.